The third-order valence-corrected chi connectivity index (χ3v) is 4.16. The first-order chi connectivity index (χ1) is 10.1. The fraction of sp³-hybridized carbons (Fsp3) is 0.812. The van der Waals surface area contributed by atoms with Gasteiger partial charge in [-0.3, -0.25) is 9.58 Å². The van der Waals surface area contributed by atoms with Gasteiger partial charge in [0, 0.05) is 44.8 Å². The van der Waals surface area contributed by atoms with Gasteiger partial charge in [0.2, 0.25) is 0 Å². The molecule has 120 valence electrons. The van der Waals surface area contributed by atoms with E-state index >= 15 is 0 Å². The maximum absolute atomic E-state index is 6.06. The summed E-state index contributed by atoms with van der Waals surface area (Å²) in [6, 6.07) is 3.02. The van der Waals surface area contributed by atoms with Crippen molar-refractivity contribution in [3.05, 3.63) is 18.0 Å². The predicted molar refractivity (Wildman–Crippen MR) is 85.4 cm³/mol. The van der Waals surface area contributed by atoms with Gasteiger partial charge in [-0.25, -0.2) is 0 Å². The molecule has 5 nitrogen and oxygen atoms in total. The molecule has 1 aromatic rings. The van der Waals surface area contributed by atoms with E-state index in [1.165, 1.54) is 0 Å². The first kappa shape index (κ1) is 16.5. The number of hydrogen-bond donors (Lipinski definition) is 1. The highest BCUT2D eigenvalue weighted by Crippen LogP contribution is 2.15. The molecule has 2 atom stereocenters. The fourth-order valence-corrected chi connectivity index (χ4v) is 2.87. The van der Waals surface area contributed by atoms with Crippen LogP contribution in [0.25, 0.3) is 0 Å². The summed E-state index contributed by atoms with van der Waals surface area (Å²) >= 11 is 0. The zero-order valence-electron chi connectivity index (χ0n) is 13.9. The third-order valence-electron chi connectivity index (χ3n) is 4.16. The van der Waals surface area contributed by atoms with Gasteiger partial charge in [0.1, 0.15) is 0 Å². The Labute approximate surface area is 128 Å². The van der Waals surface area contributed by atoms with Crippen molar-refractivity contribution in [2.24, 2.45) is 7.05 Å². The van der Waals surface area contributed by atoms with E-state index in [-0.39, 0.29) is 6.10 Å². The molecule has 0 amide bonds. The van der Waals surface area contributed by atoms with Crippen LogP contribution in [0.4, 0.5) is 0 Å². The van der Waals surface area contributed by atoms with E-state index in [1.807, 2.05) is 17.9 Å². The van der Waals surface area contributed by atoms with Crippen molar-refractivity contribution in [3.63, 3.8) is 0 Å². The van der Waals surface area contributed by atoms with E-state index in [9.17, 15) is 0 Å². The summed E-state index contributed by atoms with van der Waals surface area (Å²) < 4.78 is 7.93. The summed E-state index contributed by atoms with van der Waals surface area (Å²) in [4.78, 5) is 2.51. The normalized spacial score (nSPS) is 21.9. The van der Waals surface area contributed by atoms with Crippen LogP contribution in [0.5, 0.6) is 0 Å². The summed E-state index contributed by atoms with van der Waals surface area (Å²) in [7, 11) is 1.97. The topological polar surface area (TPSA) is 42.3 Å². The Kier molecular flexibility index (Phi) is 6.21. The van der Waals surface area contributed by atoms with Crippen molar-refractivity contribution in [2.75, 3.05) is 26.2 Å². The Morgan fingerprint density at radius 2 is 2.29 bits per heavy atom. The van der Waals surface area contributed by atoms with Crippen LogP contribution in [0, 0.1) is 0 Å². The van der Waals surface area contributed by atoms with Crippen molar-refractivity contribution in [1.82, 2.24) is 20.0 Å². The average molecular weight is 294 g/mol. The second-order valence-electron chi connectivity index (χ2n) is 6.24. The predicted octanol–water partition coefficient (Wildman–Crippen LogP) is 1.44. The standard InChI is InChI=1S/C16H30N4O/c1-5-7-17-15(11-14-6-8-19(4)18-14)16-12-20(13(2)3)9-10-21-16/h6,8,13,15-17H,5,7,9-12H2,1-4H3. The van der Waals surface area contributed by atoms with Crippen LogP contribution in [-0.4, -0.2) is 59.1 Å². The van der Waals surface area contributed by atoms with Crippen LogP contribution in [0.1, 0.15) is 32.9 Å². The van der Waals surface area contributed by atoms with Gasteiger partial charge in [0.05, 0.1) is 18.4 Å². The van der Waals surface area contributed by atoms with Crippen molar-refractivity contribution < 1.29 is 4.74 Å². The molecule has 0 bridgehead atoms. The molecule has 1 aromatic heterocycles. The van der Waals surface area contributed by atoms with Crippen molar-refractivity contribution in [1.29, 1.82) is 0 Å². The van der Waals surface area contributed by atoms with Crippen molar-refractivity contribution in [3.8, 4) is 0 Å². The highest BCUT2D eigenvalue weighted by atomic mass is 16.5. The first-order valence-corrected chi connectivity index (χ1v) is 8.17. The summed E-state index contributed by atoms with van der Waals surface area (Å²) in [5.41, 5.74) is 1.14. The number of nitrogens with zero attached hydrogens (tertiary/aromatic N) is 3. The van der Waals surface area contributed by atoms with E-state index in [0.717, 1.165) is 44.8 Å². The average Bonchev–Trinajstić information content (AvgIpc) is 2.89. The lowest BCUT2D eigenvalue weighted by atomic mass is 10.0. The molecule has 0 radical (unpaired) electrons. The summed E-state index contributed by atoms with van der Waals surface area (Å²) in [5, 5.41) is 8.17. The highest BCUT2D eigenvalue weighted by molar-refractivity contribution is 5.03. The lowest BCUT2D eigenvalue weighted by Gasteiger charge is -2.39. The SMILES string of the molecule is CCCNC(Cc1ccn(C)n1)C1CN(C(C)C)CCO1. The first-order valence-electron chi connectivity index (χ1n) is 8.17. The molecule has 2 unspecified atom stereocenters. The molecule has 1 N–H and O–H groups in total. The molecule has 1 aliphatic rings. The number of nitrogens with one attached hydrogen (secondary N) is 1. The quantitative estimate of drug-likeness (QED) is 0.826. The molecule has 1 saturated heterocycles. The van der Waals surface area contributed by atoms with Gasteiger partial charge in [-0.15, -0.1) is 0 Å². The highest BCUT2D eigenvalue weighted by Gasteiger charge is 2.29. The maximum atomic E-state index is 6.06. The van der Waals surface area contributed by atoms with Crippen LogP contribution in [0.2, 0.25) is 0 Å². The molecule has 2 rings (SSSR count). The van der Waals surface area contributed by atoms with Gasteiger partial charge in [0.25, 0.3) is 0 Å². The molecule has 0 spiro atoms. The molecule has 0 aromatic carbocycles. The Hall–Kier alpha value is -0.910. The van der Waals surface area contributed by atoms with E-state index in [1.54, 1.807) is 0 Å². The van der Waals surface area contributed by atoms with Crippen LogP contribution in [0.15, 0.2) is 12.3 Å². The molecular weight excluding hydrogens is 264 g/mol. The maximum Gasteiger partial charge on any atom is 0.0859 e. The Bertz CT molecular complexity index is 418. The molecular formula is C16H30N4O. The minimum absolute atomic E-state index is 0.245. The smallest absolute Gasteiger partial charge is 0.0859 e. The van der Waals surface area contributed by atoms with Gasteiger partial charge in [-0.1, -0.05) is 6.92 Å². The zero-order valence-corrected chi connectivity index (χ0v) is 13.9. The van der Waals surface area contributed by atoms with Gasteiger partial charge < -0.3 is 10.1 Å². The van der Waals surface area contributed by atoms with Gasteiger partial charge in [0.15, 0.2) is 0 Å². The van der Waals surface area contributed by atoms with E-state index in [4.69, 9.17) is 4.74 Å². The van der Waals surface area contributed by atoms with E-state index in [0.29, 0.717) is 12.1 Å². The molecule has 5 heteroatoms. The number of aryl methyl sites for hydroxylation is 1. The fourth-order valence-electron chi connectivity index (χ4n) is 2.87. The molecule has 0 aliphatic carbocycles. The molecule has 1 fully saturated rings. The summed E-state index contributed by atoms with van der Waals surface area (Å²) in [6.07, 6.45) is 4.32. The number of hydrogen-bond acceptors (Lipinski definition) is 4. The largest absolute Gasteiger partial charge is 0.374 e. The Morgan fingerprint density at radius 3 is 2.90 bits per heavy atom. The molecule has 1 aliphatic heterocycles. The van der Waals surface area contributed by atoms with Crippen LogP contribution in [-0.2, 0) is 18.2 Å². The Morgan fingerprint density at radius 1 is 1.48 bits per heavy atom. The van der Waals surface area contributed by atoms with E-state index in [2.05, 4.69) is 42.2 Å². The van der Waals surface area contributed by atoms with Crippen molar-refractivity contribution >= 4 is 0 Å². The Balaban J connectivity index is 2.00. The monoisotopic (exact) mass is 294 g/mol. The zero-order chi connectivity index (χ0) is 15.2. The molecule has 0 saturated carbocycles. The summed E-state index contributed by atoms with van der Waals surface area (Å²) in [6.45, 7) is 10.6. The number of aromatic nitrogens is 2. The van der Waals surface area contributed by atoms with Crippen molar-refractivity contribution in [2.45, 2.75) is 51.8 Å². The lowest BCUT2D eigenvalue weighted by Crippen LogP contribution is -2.54. The lowest BCUT2D eigenvalue weighted by molar-refractivity contribution is -0.0553. The van der Waals surface area contributed by atoms with Crippen LogP contribution < -0.4 is 5.32 Å². The third kappa shape index (κ3) is 4.80. The number of ether oxygens (including phenoxy) is 1. The van der Waals surface area contributed by atoms with Gasteiger partial charge in [-0.05, 0) is 32.9 Å². The van der Waals surface area contributed by atoms with Gasteiger partial charge >= 0.3 is 0 Å². The molecule has 2 heterocycles. The van der Waals surface area contributed by atoms with Crippen LogP contribution in [0.3, 0.4) is 0 Å². The number of morpholine rings is 1. The minimum Gasteiger partial charge on any atom is -0.374 e. The van der Waals surface area contributed by atoms with Gasteiger partial charge in [-0.2, -0.15) is 5.10 Å². The second-order valence-corrected chi connectivity index (χ2v) is 6.24. The number of rotatable bonds is 7. The molecule has 21 heavy (non-hydrogen) atoms. The van der Waals surface area contributed by atoms with Crippen LogP contribution >= 0.6 is 0 Å². The summed E-state index contributed by atoms with van der Waals surface area (Å²) in [5.74, 6) is 0. The minimum atomic E-state index is 0.245. The van der Waals surface area contributed by atoms with E-state index < -0.39 is 0 Å². The second kappa shape index (κ2) is 7.92.